The number of rotatable bonds is 3. The molecule has 0 saturated carbocycles. The van der Waals surface area contributed by atoms with Crippen molar-refractivity contribution in [3.63, 3.8) is 0 Å². The van der Waals surface area contributed by atoms with Crippen LogP contribution in [-0.4, -0.2) is 17.4 Å². The molecule has 94 valence electrons. The van der Waals surface area contributed by atoms with Crippen molar-refractivity contribution in [3.05, 3.63) is 41.6 Å². The maximum atomic E-state index is 11.9. The average molecular weight is 242 g/mol. The van der Waals surface area contributed by atoms with Gasteiger partial charge in [0.1, 0.15) is 0 Å². The van der Waals surface area contributed by atoms with Crippen LogP contribution in [0, 0.1) is 12.8 Å². The molecule has 2 rings (SSSR count). The molecule has 1 aromatic heterocycles. The van der Waals surface area contributed by atoms with Crippen LogP contribution in [-0.2, 0) is 0 Å². The predicted octanol–water partition coefficient (Wildman–Crippen LogP) is 2.93. The van der Waals surface area contributed by atoms with Gasteiger partial charge in [-0.2, -0.15) is 0 Å². The molecule has 1 aromatic carbocycles. The van der Waals surface area contributed by atoms with E-state index in [1.807, 2.05) is 31.2 Å². The molecular formula is C15H18N2O. The van der Waals surface area contributed by atoms with Gasteiger partial charge in [0.25, 0.3) is 5.91 Å². The summed E-state index contributed by atoms with van der Waals surface area (Å²) in [4.78, 5) is 16.2. The highest BCUT2D eigenvalue weighted by Crippen LogP contribution is 2.15. The van der Waals surface area contributed by atoms with Gasteiger partial charge in [0, 0.05) is 18.1 Å². The van der Waals surface area contributed by atoms with Gasteiger partial charge in [-0.15, -0.1) is 0 Å². The van der Waals surface area contributed by atoms with Crippen LogP contribution in [0.2, 0.25) is 0 Å². The van der Waals surface area contributed by atoms with Gasteiger partial charge in [-0.25, -0.2) is 0 Å². The largest absolute Gasteiger partial charge is 0.352 e. The standard InChI is InChI=1S/C15H18N2O/c1-10(2)8-17-15(18)13-7-12-5-4-11(3)6-14(12)16-9-13/h4-7,9-10H,8H2,1-3H3,(H,17,18). The highest BCUT2D eigenvalue weighted by Gasteiger charge is 2.07. The van der Waals surface area contributed by atoms with E-state index in [2.05, 4.69) is 24.1 Å². The molecule has 3 heteroatoms. The molecule has 0 aliphatic heterocycles. The lowest BCUT2D eigenvalue weighted by Crippen LogP contribution is -2.27. The quantitative estimate of drug-likeness (QED) is 0.899. The zero-order chi connectivity index (χ0) is 13.1. The summed E-state index contributed by atoms with van der Waals surface area (Å²) in [5.41, 5.74) is 2.72. The third kappa shape index (κ3) is 2.86. The molecule has 0 saturated heterocycles. The van der Waals surface area contributed by atoms with Crippen molar-refractivity contribution in [3.8, 4) is 0 Å². The number of carbonyl (C=O) groups excluding carboxylic acids is 1. The molecule has 18 heavy (non-hydrogen) atoms. The summed E-state index contributed by atoms with van der Waals surface area (Å²) in [6, 6.07) is 7.93. The number of fused-ring (bicyclic) bond motifs is 1. The Kier molecular flexibility index (Phi) is 3.60. The summed E-state index contributed by atoms with van der Waals surface area (Å²) >= 11 is 0. The summed E-state index contributed by atoms with van der Waals surface area (Å²) in [6.45, 7) is 6.86. The van der Waals surface area contributed by atoms with Crippen molar-refractivity contribution in [1.29, 1.82) is 0 Å². The first kappa shape index (κ1) is 12.6. The van der Waals surface area contributed by atoms with Gasteiger partial charge in [0.2, 0.25) is 0 Å². The molecule has 0 atom stereocenters. The summed E-state index contributed by atoms with van der Waals surface area (Å²) in [5, 5.41) is 3.89. The van der Waals surface area contributed by atoms with E-state index >= 15 is 0 Å². The van der Waals surface area contributed by atoms with Crippen LogP contribution in [0.1, 0.15) is 29.8 Å². The second kappa shape index (κ2) is 5.17. The van der Waals surface area contributed by atoms with Crippen LogP contribution in [0.3, 0.4) is 0 Å². The smallest absolute Gasteiger partial charge is 0.252 e. The summed E-state index contributed by atoms with van der Waals surface area (Å²) < 4.78 is 0. The molecule has 0 aliphatic rings. The third-order valence-corrected chi connectivity index (χ3v) is 2.77. The number of amides is 1. The van der Waals surface area contributed by atoms with Gasteiger partial charge in [-0.1, -0.05) is 26.0 Å². The first-order valence-electron chi connectivity index (χ1n) is 6.21. The maximum absolute atomic E-state index is 11.9. The zero-order valence-electron chi connectivity index (χ0n) is 11.0. The molecule has 0 bridgehead atoms. The fourth-order valence-electron chi connectivity index (χ4n) is 1.75. The zero-order valence-corrected chi connectivity index (χ0v) is 11.0. The SMILES string of the molecule is Cc1ccc2cc(C(=O)NCC(C)C)cnc2c1. The molecule has 2 aromatic rings. The second-order valence-electron chi connectivity index (χ2n) is 5.02. The number of aryl methyl sites for hydroxylation is 1. The van der Waals surface area contributed by atoms with E-state index in [-0.39, 0.29) is 5.91 Å². The third-order valence-electron chi connectivity index (χ3n) is 2.77. The van der Waals surface area contributed by atoms with Crippen LogP contribution < -0.4 is 5.32 Å². The van der Waals surface area contributed by atoms with E-state index in [1.54, 1.807) is 6.20 Å². The summed E-state index contributed by atoms with van der Waals surface area (Å²) in [7, 11) is 0. The lowest BCUT2D eigenvalue weighted by Gasteiger charge is -2.08. The Hall–Kier alpha value is -1.90. The van der Waals surface area contributed by atoms with Crippen LogP contribution in [0.15, 0.2) is 30.5 Å². The molecule has 0 radical (unpaired) electrons. The van der Waals surface area contributed by atoms with E-state index in [4.69, 9.17) is 0 Å². The minimum absolute atomic E-state index is 0.0568. The van der Waals surface area contributed by atoms with Crippen molar-refractivity contribution in [1.82, 2.24) is 10.3 Å². The topological polar surface area (TPSA) is 42.0 Å². The van der Waals surface area contributed by atoms with E-state index in [1.165, 1.54) is 5.56 Å². The number of pyridine rings is 1. The summed E-state index contributed by atoms with van der Waals surface area (Å²) in [6.07, 6.45) is 1.64. The second-order valence-corrected chi connectivity index (χ2v) is 5.02. The molecule has 1 heterocycles. The Morgan fingerprint density at radius 1 is 1.33 bits per heavy atom. The van der Waals surface area contributed by atoms with Crippen LogP contribution in [0.4, 0.5) is 0 Å². The van der Waals surface area contributed by atoms with E-state index in [9.17, 15) is 4.79 Å². The van der Waals surface area contributed by atoms with E-state index in [0.29, 0.717) is 18.0 Å². The molecule has 0 fully saturated rings. The van der Waals surface area contributed by atoms with Crippen molar-refractivity contribution in [2.75, 3.05) is 6.54 Å². The minimum Gasteiger partial charge on any atom is -0.352 e. The molecule has 0 spiro atoms. The van der Waals surface area contributed by atoms with Gasteiger partial charge in [-0.3, -0.25) is 9.78 Å². The van der Waals surface area contributed by atoms with Gasteiger partial charge >= 0.3 is 0 Å². The van der Waals surface area contributed by atoms with Crippen LogP contribution in [0.5, 0.6) is 0 Å². The number of aromatic nitrogens is 1. The van der Waals surface area contributed by atoms with Crippen molar-refractivity contribution in [2.24, 2.45) is 5.92 Å². The summed E-state index contributed by atoms with van der Waals surface area (Å²) in [5.74, 6) is 0.392. The number of nitrogens with one attached hydrogen (secondary N) is 1. The predicted molar refractivity (Wildman–Crippen MR) is 73.7 cm³/mol. The maximum Gasteiger partial charge on any atom is 0.252 e. The Labute approximate surface area is 107 Å². The fourth-order valence-corrected chi connectivity index (χ4v) is 1.75. The fraction of sp³-hybridized carbons (Fsp3) is 0.333. The number of benzene rings is 1. The van der Waals surface area contributed by atoms with E-state index in [0.717, 1.165) is 10.9 Å². The van der Waals surface area contributed by atoms with Gasteiger partial charge in [0.15, 0.2) is 0 Å². The average Bonchev–Trinajstić information content (AvgIpc) is 2.35. The number of nitrogens with zero attached hydrogens (tertiary/aromatic N) is 1. The number of carbonyl (C=O) groups is 1. The van der Waals surface area contributed by atoms with E-state index < -0.39 is 0 Å². The lowest BCUT2D eigenvalue weighted by molar-refractivity contribution is 0.0949. The first-order chi connectivity index (χ1) is 8.56. The Balaban J connectivity index is 2.24. The van der Waals surface area contributed by atoms with Crippen molar-refractivity contribution >= 4 is 16.8 Å². The Bertz CT molecular complexity index is 576. The minimum atomic E-state index is -0.0568. The van der Waals surface area contributed by atoms with Crippen LogP contribution >= 0.6 is 0 Å². The number of hydrogen-bond acceptors (Lipinski definition) is 2. The van der Waals surface area contributed by atoms with Gasteiger partial charge < -0.3 is 5.32 Å². The first-order valence-corrected chi connectivity index (χ1v) is 6.21. The molecular weight excluding hydrogens is 224 g/mol. The van der Waals surface area contributed by atoms with Crippen molar-refractivity contribution < 1.29 is 4.79 Å². The lowest BCUT2D eigenvalue weighted by atomic mass is 10.1. The molecule has 1 amide bonds. The van der Waals surface area contributed by atoms with Crippen LogP contribution in [0.25, 0.3) is 10.9 Å². The van der Waals surface area contributed by atoms with Gasteiger partial charge in [-0.05, 0) is 30.5 Å². The monoisotopic (exact) mass is 242 g/mol. The highest BCUT2D eigenvalue weighted by atomic mass is 16.1. The van der Waals surface area contributed by atoms with Crippen molar-refractivity contribution in [2.45, 2.75) is 20.8 Å². The Morgan fingerprint density at radius 3 is 2.83 bits per heavy atom. The van der Waals surface area contributed by atoms with Gasteiger partial charge in [0.05, 0.1) is 11.1 Å². The molecule has 1 N–H and O–H groups in total. The number of hydrogen-bond donors (Lipinski definition) is 1. The Morgan fingerprint density at radius 2 is 2.11 bits per heavy atom. The molecule has 0 aliphatic carbocycles. The molecule has 0 unspecified atom stereocenters. The highest BCUT2D eigenvalue weighted by molar-refractivity contribution is 5.97. The normalized spacial score (nSPS) is 10.9. The molecule has 3 nitrogen and oxygen atoms in total.